The quantitative estimate of drug-likeness (QED) is 0.453. The molecule has 0 spiro atoms. The first-order valence-electron chi connectivity index (χ1n) is 11.3. The van der Waals surface area contributed by atoms with Gasteiger partial charge < -0.3 is 15.3 Å². The molecule has 0 radical (unpaired) electrons. The maximum atomic E-state index is 14.1. The van der Waals surface area contributed by atoms with Crippen molar-refractivity contribution in [2.45, 2.75) is 37.8 Å². The van der Waals surface area contributed by atoms with Crippen LogP contribution in [0.3, 0.4) is 0 Å². The second kappa shape index (κ2) is 9.89. The minimum atomic E-state index is -0.673. The van der Waals surface area contributed by atoms with E-state index in [4.69, 9.17) is 0 Å². The van der Waals surface area contributed by atoms with Gasteiger partial charge in [-0.3, -0.25) is 0 Å². The molecule has 0 aromatic heterocycles. The first-order valence-corrected chi connectivity index (χ1v) is 11.3. The number of carbonyl (C=O) groups excluding carboxylic acids is 1. The lowest BCUT2D eigenvalue weighted by atomic mass is 9.81. The number of hydrogen-bond acceptors (Lipinski definition) is 2. The molecule has 4 rings (SSSR count). The molecule has 4 nitrogen and oxygen atoms in total. The molecule has 1 heterocycles. The molecule has 2 N–H and O–H groups in total. The van der Waals surface area contributed by atoms with E-state index in [1.807, 2.05) is 19.1 Å². The Labute approximate surface area is 197 Å². The zero-order chi connectivity index (χ0) is 24.3. The summed E-state index contributed by atoms with van der Waals surface area (Å²) in [5.41, 5.74) is 1.95. The van der Waals surface area contributed by atoms with Gasteiger partial charge in [0.15, 0.2) is 0 Å². The van der Waals surface area contributed by atoms with E-state index in [1.54, 1.807) is 29.2 Å². The van der Waals surface area contributed by atoms with Gasteiger partial charge in [-0.25, -0.2) is 18.0 Å². The number of rotatable bonds is 7. The summed E-state index contributed by atoms with van der Waals surface area (Å²) < 4.78 is 40.8. The Morgan fingerprint density at radius 3 is 2.29 bits per heavy atom. The van der Waals surface area contributed by atoms with Crippen molar-refractivity contribution in [2.75, 3.05) is 13.2 Å². The van der Waals surface area contributed by atoms with Crippen LogP contribution in [0.5, 0.6) is 0 Å². The van der Waals surface area contributed by atoms with E-state index in [1.165, 1.54) is 24.3 Å². The number of halogens is 3. The summed E-state index contributed by atoms with van der Waals surface area (Å²) in [4.78, 5) is 14.9. The van der Waals surface area contributed by atoms with Gasteiger partial charge in [0, 0.05) is 24.8 Å². The molecule has 1 aliphatic rings. The Morgan fingerprint density at radius 2 is 1.68 bits per heavy atom. The number of nitrogens with zero attached hydrogens (tertiary/aromatic N) is 1. The smallest absolute Gasteiger partial charge is 0.318 e. The second-order valence-electron chi connectivity index (χ2n) is 8.71. The number of hydrogen-bond donors (Lipinski definition) is 2. The Morgan fingerprint density at radius 1 is 1.00 bits per heavy atom. The molecule has 3 aromatic rings. The fraction of sp³-hybridized carbons (Fsp3) is 0.296. The molecular formula is C27H27F3N2O2. The number of carbonyl (C=O) groups is 1. The van der Waals surface area contributed by atoms with Crippen LogP contribution in [0.25, 0.3) is 11.1 Å². The van der Waals surface area contributed by atoms with Crippen molar-refractivity contribution in [1.29, 1.82) is 0 Å². The number of nitrogens with one attached hydrogen (secondary N) is 1. The SMILES string of the molecule is C[C@@H](c1ccc(-c2ccc(F)cc2F)cc1)N1CC[C@@](CCCO)(c2ccc(F)cc2)NC1=O. The van der Waals surface area contributed by atoms with Crippen molar-refractivity contribution >= 4 is 6.03 Å². The number of aliphatic hydroxyl groups excluding tert-OH is 1. The predicted octanol–water partition coefficient (Wildman–Crippen LogP) is 5.92. The first kappa shape index (κ1) is 23.8. The van der Waals surface area contributed by atoms with Gasteiger partial charge in [-0.15, -0.1) is 0 Å². The van der Waals surface area contributed by atoms with Crippen molar-refractivity contribution in [3.63, 3.8) is 0 Å². The third-order valence-electron chi connectivity index (χ3n) is 6.65. The molecule has 0 saturated carbocycles. The predicted molar refractivity (Wildman–Crippen MR) is 124 cm³/mol. The monoisotopic (exact) mass is 468 g/mol. The molecule has 34 heavy (non-hydrogen) atoms. The molecule has 3 aromatic carbocycles. The lowest BCUT2D eigenvalue weighted by molar-refractivity contribution is 0.117. The fourth-order valence-corrected chi connectivity index (χ4v) is 4.66. The molecule has 178 valence electrons. The van der Waals surface area contributed by atoms with Gasteiger partial charge in [0.25, 0.3) is 0 Å². The first-order chi connectivity index (χ1) is 16.3. The van der Waals surface area contributed by atoms with Gasteiger partial charge in [-0.05, 0) is 67.1 Å². The normalized spacial score (nSPS) is 19.1. The second-order valence-corrected chi connectivity index (χ2v) is 8.71. The highest BCUT2D eigenvalue weighted by atomic mass is 19.1. The van der Waals surface area contributed by atoms with Gasteiger partial charge in [0.05, 0.1) is 11.6 Å². The van der Waals surface area contributed by atoms with Crippen LogP contribution in [0.2, 0.25) is 0 Å². The fourth-order valence-electron chi connectivity index (χ4n) is 4.66. The van der Waals surface area contributed by atoms with Crippen LogP contribution in [0.1, 0.15) is 43.4 Å². The molecule has 1 fully saturated rings. The average Bonchev–Trinajstić information content (AvgIpc) is 2.83. The standard InChI is InChI=1S/C27H27F3N2O2/c1-18(19-3-5-20(6-4-19)24-12-11-23(29)17-25(24)30)32-15-14-27(13-2-16-33,31-26(32)34)21-7-9-22(28)10-8-21/h3-12,17-18,33H,2,13-16H2,1H3,(H,31,34)/t18-,27-/m0/s1. The molecule has 1 aliphatic heterocycles. The van der Waals surface area contributed by atoms with Crippen LogP contribution in [0, 0.1) is 17.5 Å². The summed E-state index contributed by atoms with van der Waals surface area (Å²) in [7, 11) is 0. The molecule has 2 amide bonds. The number of aliphatic hydroxyl groups is 1. The van der Waals surface area contributed by atoms with E-state index in [0.29, 0.717) is 36.9 Å². The van der Waals surface area contributed by atoms with Crippen LogP contribution < -0.4 is 5.32 Å². The van der Waals surface area contributed by atoms with Gasteiger partial charge in [-0.2, -0.15) is 0 Å². The van der Waals surface area contributed by atoms with Crippen LogP contribution >= 0.6 is 0 Å². The van der Waals surface area contributed by atoms with Crippen LogP contribution in [0.4, 0.5) is 18.0 Å². The zero-order valence-electron chi connectivity index (χ0n) is 18.9. The number of amides is 2. The van der Waals surface area contributed by atoms with Crippen molar-refractivity contribution in [1.82, 2.24) is 10.2 Å². The Balaban J connectivity index is 1.52. The molecule has 1 saturated heterocycles. The summed E-state index contributed by atoms with van der Waals surface area (Å²) in [5, 5.41) is 12.5. The van der Waals surface area contributed by atoms with Gasteiger partial charge in [0.1, 0.15) is 17.5 Å². The summed E-state index contributed by atoms with van der Waals surface area (Å²) in [6.45, 7) is 2.40. The maximum Gasteiger partial charge on any atom is 0.318 e. The van der Waals surface area contributed by atoms with Crippen molar-refractivity contribution in [2.24, 2.45) is 0 Å². The Hall–Kier alpha value is -3.32. The molecule has 2 atom stereocenters. The molecule has 7 heteroatoms. The summed E-state index contributed by atoms with van der Waals surface area (Å²) in [6.07, 6.45) is 1.66. The Kier molecular flexibility index (Phi) is 6.93. The highest BCUT2D eigenvalue weighted by Crippen LogP contribution is 2.36. The number of urea groups is 1. The third-order valence-corrected chi connectivity index (χ3v) is 6.65. The molecule has 0 bridgehead atoms. The third kappa shape index (κ3) is 4.80. The van der Waals surface area contributed by atoms with Gasteiger partial charge >= 0.3 is 6.03 Å². The lowest BCUT2D eigenvalue weighted by Gasteiger charge is -2.45. The summed E-state index contributed by atoms with van der Waals surface area (Å²) in [6, 6.07) is 16.3. The highest BCUT2D eigenvalue weighted by molar-refractivity contribution is 5.77. The lowest BCUT2D eigenvalue weighted by Crippen LogP contribution is -2.58. The largest absolute Gasteiger partial charge is 0.396 e. The Bertz CT molecular complexity index is 1150. The summed E-state index contributed by atoms with van der Waals surface area (Å²) in [5.74, 6) is -1.60. The topological polar surface area (TPSA) is 52.6 Å². The highest BCUT2D eigenvalue weighted by Gasteiger charge is 2.40. The van der Waals surface area contributed by atoms with Crippen LogP contribution in [-0.2, 0) is 5.54 Å². The van der Waals surface area contributed by atoms with Gasteiger partial charge in [0.2, 0.25) is 0 Å². The van der Waals surface area contributed by atoms with E-state index in [0.717, 1.165) is 17.2 Å². The van der Waals surface area contributed by atoms with E-state index in [9.17, 15) is 23.1 Å². The summed E-state index contributed by atoms with van der Waals surface area (Å²) >= 11 is 0. The van der Waals surface area contributed by atoms with Crippen molar-refractivity contribution in [3.8, 4) is 11.1 Å². The number of benzene rings is 3. The molecule has 0 aliphatic carbocycles. The van der Waals surface area contributed by atoms with E-state index in [2.05, 4.69) is 5.32 Å². The molecule has 0 unspecified atom stereocenters. The minimum Gasteiger partial charge on any atom is -0.396 e. The zero-order valence-corrected chi connectivity index (χ0v) is 18.9. The van der Waals surface area contributed by atoms with E-state index in [-0.39, 0.29) is 24.5 Å². The average molecular weight is 469 g/mol. The van der Waals surface area contributed by atoms with Crippen LogP contribution in [0.15, 0.2) is 66.7 Å². The van der Waals surface area contributed by atoms with Gasteiger partial charge in [-0.1, -0.05) is 36.4 Å². The van der Waals surface area contributed by atoms with Crippen LogP contribution in [-0.4, -0.2) is 29.2 Å². The molecular weight excluding hydrogens is 441 g/mol. The van der Waals surface area contributed by atoms with Crippen molar-refractivity contribution in [3.05, 3.63) is 95.3 Å². The van der Waals surface area contributed by atoms with E-state index >= 15 is 0 Å². The van der Waals surface area contributed by atoms with Crippen molar-refractivity contribution < 1.29 is 23.1 Å². The minimum absolute atomic E-state index is 0.0000687. The van der Waals surface area contributed by atoms with E-state index < -0.39 is 17.2 Å². The maximum absolute atomic E-state index is 14.1.